The van der Waals surface area contributed by atoms with E-state index in [4.69, 9.17) is 0 Å². The molecule has 0 bridgehead atoms. The molecule has 0 aliphatic rings. The van der Waals surface area contributed by atoms with Gasteiger partial charge in [0.15, 0.2) is 4.21 Å². The lowest BCUT2D eigenvalue weighted by molar-refractivity contribution is 0.105. The number of aryl methyl sites for hydroxylation is 1. The Morgan fingerprint density at radius 3 is 2.85 bits per heavy atom. The van der Waals surface area contributed by atoms with Crippen molar-refractivity contribution in [1.29, 1.82) is 0 Å². The summed E-state index contributed by atoms with van der Waals surface area (Å²) < 4.78 is 22.8. The van der Waals surface area contributed by atoms with Crippen LogP contribution in [-0.4, -0.2) is 20.0 Å². The smallest absolute Gasteiger partial charge is 0.273 e. The summed E-state index contributed by atoms with van der Waals surface area (Å²) in [5, 5.41) is 0.705. The first kappa shape index (κ1) is 10.6. The van der Waals surface area contributed by atoms with Crippen molar-refractivity contribution in [2.24, 2.45) is 0 Å². The van der Waals surface area contributed by atoms with Crippen molar-refractivity contribution in [3.05, 3.63) is 11.2 Å². The first-order chi connectivity index (χ1) is 6.06. The molecule has 13 heavy (non-hydrogen) atoms. The zero-order chi connectivity index (χ0) is 9.90. The van der Waals surface area contributed by atoms with Crippen LogP contribution in [0.1, 0.15) is 11.9 Å². The topological polar surface area (TPSA) is 68.3 Å². The summed E-state index contributed by atoms with van der Waals surface area (Å²) in [7, 11) is -3.52. The van der Waals surface area contributed by atoms with Crippen molar-refractivity contribution >= 4 is 21.4 Å². The average Bonchev–Trinajstić information content (AvgIpc) is 2.49. The van der Waals surface area contributed by atoms with Crippen molar-refractivity contribution < 1.29 is 13.3 Å². The highest BCUT2D eigenvalue weighted by atomic mass is 32.2. The van der Waals surface area contributed by atoms with Gasteiger partial charge in [0.1, 0.15) is 0 Å². The number of sulfonamides is 1. The maximum atomic E-state index is 11.3. The van der Waals surface area contributed by atoms with Gasteiger partial charge in [-0.05, 0) is 13.8 Å². The number of thiazole rings is 1. The number of aromatic nitrogens is 1. The molecule has 1 aromatic rings. The van der Waals surface area contributed by atoms with Crippen molar-refractivity contribution in [2.75, 3.05) is 6.61 Å². The van der Waals surface area contributed by atoms with E-state index in [-0.39, 0.29) is 10.8 Å². The molecule has 0 spiro atoms. The summed E-state index contributed by atoms with van der Waals surface area (Å²) in [6.45, 7) is 3.72. The number of nitrogens with one attached hydrogen (secondary N) is 1. The predicted octanol–water partition coefficient (Wildman–Crippen LogP) is 0.681. The summed E-state index contributed by atoms with van der Waals surface area (Å²) in [5.74, 6) is 0. The number of hydrogen-bond acceptors (Lipinski definition) is 5. The quantitative estimate of drug-likeness (QED) is 0.761. The molecule has 0 aliphatic heterocycles. The molecule has 0 saturated carbocycles. The van der Waals surface area contributed by atoms with Gasteiger partial charge in [-0.3, -0.25) is 4.84 Å². The average molecular weight is 222 g/mol. The van der Waals surface area contributed by atoms with Crippen LogP contribution in [0.2, 0.25) is 0 Å². The van der Waals surface area contributed by atoms with Gasteiger partial charge in [-0.25, -0.2) is 13.4 Å². The minimum absolute atomic E-state index is 0.165. The molecule has 1 heterocycles. The molecule has 74 valence electrons. The molecule has 0 atom stereocenters. The van der Waals surface area contributed by atoms with Crippen molar-refractivity contribution in [1.82, 2.24) is 9.87 Å². The second kappa shape index (κ2) is 4.14. The Bertz CT molecular complexity index is 371. The molecule has 0 radical (unpaired) electrons. The van der Waals surface area contributed by atoms with Gasteiger partial charge >= 0.3 is 0 Å². The van der Waals surface area contributed by atoms with E-state index in [0.29, 0.717) is 5.01 Å². The zero-order valence-electron chi connectivity index (χ0n) is 7.27. The van der Waals surface area contributed by atoms with Gasteiger partial charge in [0.2, 0.25) is 0 Å². The predicted molar refractivity (Wildman–Crippen MR) is 48.8 cm³/mol. The third-order valence-electron chi connectivity index (χ3n) is 1.18. The molecule has 0 fully saturated rings. The molecular formula is C6H10N2O3S2. The summed E-state index contributed by atoms with van der Waals surface area (Å²) in [5.41, 5.74) is 0. The van der Waals surface area contributed by atoms with E-state index in [9.17, 15) is 8.42 Å². The van der Waals surface area contributed by atoms with E-state index in [0.717, 1.165) is 11.3 Å². The van der Waals surface area contributed by atoms with Crippen LogP contribution < -0.4 is 4.89 Å². The summed E-state index contributed by atoms with van der Waals surface area (Å²) in [6, 6.07) is 0. The monoisotopic (exact) mass is 222 g/mol. The number of nitrogens with zero attached hydrogens (tertiary/aromatic N) is 1. The summed E-state index contributed by atoms with van der Waals surface area (Å²) >= 11 is 1.10. The van der Waals surface area contributed by atoms with Crippen LogP contribution in [0.15, 0.2) is 10.4 Å². The van der Waals surface area contributed by atoms with Crippen LogP contribution in [0.3, 0.4) is 0 Å². The highest BCUT2D eigenvalue weighted by molar-refractivity contribution is 7.91. The minimum atomic E-state index is -3.52. The van der Waals surface area contributed by atoms with E-state index >= 15 is 0 Å². The molecule has 0 unspecified atom stereocenters. The normalized spacial score (nSPS) is 11.8. The Balaban J connectivity index is 2.82. The number of hydrogen-bond donors (Lipinski definition) is 1. The number of rotatable bonds is 4. The third kappa shape index (κ3) is 2.73. The first-order valence-corrected chi connectivity index (χ1v) is 5.92. The Morgan fingerprint density at radius 2 is 2.38 bits per heavy atom. The second-order valence-corrected chi connectivity index (χ2v) is 5.32. The van der Waals surface area contributed by atoms with Gasteiger partial charge in [-0.2, -0.15) is 0 Å². The summed E-state index contributed by atoms with van der Waals surface area (Å²) in [6.07, 6.45) is 1.31. The van der Waals surface area contributed by atoms with E-state index < -0.39 is 10.0 Å². The van der Waals surface area contributed by atoms with E-state index in [1.54, 1.807) is 13.8 Å². The minimum Gasteiger partial charge on any atom is -0.287 e. The van der Waals surface area contributed by atoms with Crippen LogP contribution in [0.25, 0.3) is 0 Å². The fourth-order valence-electron chi connectivity index (χ4n) is 0.644. The molecule has 0 amide bonds. The summed E-state index contributed by atoms with van der Waals surface area (Å²) in [4.78, 5) is 10.4. The molecule has 0 aromatic carbocycles. The van der Waals surface area contributed by atoms with Crippen LogP contribution in [0.4, 0.5) is 0 Å². The highest BCUT2D eigenvalue weighted by Crippen LogP contribution is 2.16. The maximum Gasteiger partial charge on any atom is 0.273 e. The SMILES string of the molecule is CCONS(=O)(=O)c1cnc(C)s1. The highest BCUT2D eigenvalue weighted by Gasteiger charge is 2.16. The van der Waals surface area contributed by atoms with Crippen LogP contribution >= 0.6 is 11.3 Å². The van der Waals surface area contributed by atoms with Crippen molar-refractivity contribution in [2.45, 2.75) is 18.1 Å². The molecule has 1 N–H and O–H groups in total. The lowest BCUT2D eigenvalue weighted by atomic mass is 10.8. The van der Waals surface area contributed by atoms with Crippen LogP contribution in [0.5, 0.6) is 0 Å². The van der Waals surface area contributed by atoms with Gasteiger partial charge in [0.25, 0.3) is 10.0 Å². The van der Waals surface area contributed by atoms with Gasteiger partial charge in [-0.15, -0.1) is 11.3 Å². The van der Waals surface area contributed by atoms with Gasteiger partial charge in [-0.1, -0.05) is 4.89 Å². The molecular weight excluding hydrogens is 212 g/mol. The molecule has 1 rings (SSSR count). The Kier molecular flexibility index (Phi) is 3.37. The van der Waals surface area contributed by atoms with Crippen LogP contribution in [-0.2, 0) is 14.9 Å². The fraction of sp³-hybridized carbons (Fsp3) is 0.500. The van der Waals surface area contributed by atoms with E-state index in [1.807, 2.05) is 4.89 Å². The zero-order valence-corrected chi connectivity index (χ0v) is 8.91. The lowest BCUT2D eigenvalue weighted by Gasteiger charge is -2.01. The van der Waals surface area contributed by atoms with Gasteiger partial charge in [0.05, 0.1) is 17.8 Å². The van der Waals surface area contributed by atoms with Crippen molar-refractivity contribution in [3.63, 3.8) is 0 Å². The first-order valence-electron chi connectivity index (χ1n) is 3.62. The fourth-order valence-corrected chi connectivity index (χ4v) is 2.59. The molecule has 5 nitrogen and oxygen atoms in total. The second-order valence-electron chi connectivity index (χ2n) is 2.22. The molecule has 7 heteroatoms. The van der Waals surface area contributed by atoms with Gasteiger partial charge < -0.3 is 0 Å². The standard InChI is InChI=1S/C6H10N2O3S2/c1-3-11-8-13(9,10)6-4-7-5(2)12-6/h4,8H,3H2,1-2H3. The Hall–Kier alpha value is -0.500. The van der Waals surface area contributed by atoms with Gasteiger partial charge in [0, 0.05) is 0 Å². The van der Waals surface area contributed by atoms with Crippen molar-refractivity contribution in [3.8, 4) is 0 Å². The van der Waals surface area contributed by atoms with Crippen LogP contribution in [0, 0.1) is 6.92 Å². The largest absolute Gasteiger partial charge is 0.287 e. The maximum absolute atomic E-state index is 11.3. The lowest BCUT2D eigenvalue weighted by Crippen LogP contribution is -2.23. The molecule has 1 aromatic heterocycles. The van der Waals surface area contributed by atoms with E-state index in [1.165, 1.54) is 6.20 Å². The Morgan fingerprint density at radius 1 is 1.69 bits per heavy atom. The Labute approximate surface area is 80.8 Å². The molecule has 0 aliphatic carbocycles. The van der Waals surface area contributed by atoms with E-state index in [2.05, 4.69) is 9.82 Å². The third-order valence-corrected chi connectivity index (χ3v) is 3.77. The molecule has 0 saturated heterocycles.